The smallest absolute Gasteiger partial charge is 0.147 e. The van der Waals surface area contributed by atoms with Crippen LogP contribution in [0.3, 0.4) is 0 Å². The Kier molecular flexibility index (Phi) is 2.35. The third kappa shape index (κ3) is 1.57. The lowest BCUT2D eigenvalue weighted by atomic mass is 9.65. The predicted octanol–water partition coefficient (Wildman–Crippen LogP) is 3.09. The Labute approximate surface area is 95.6 Å². The monoisotopic (exact) mass is 266 g/mol. The largest absolute Gasteiger partial charge is 0.255 e. The lowest BCUT2D eigenvalue weighted by molar-refractivity contribution is 0.398. The van der Waals surface area contributed by atoms with Crippen molar-refractivity contribution in [3.05, 3.63) is 40.4 Å². The molecule has 2 rings (SSSR count). The summed E-state index contributed by atoms with van der Waals surface area (Å²) in [5, 5.41) is 9.09. The Morgan fingerprint density at radius 3 is 2.73 bits per heavy atom. The van der Waals surface area contributed by atoms with Gasteiger partial charge in [0, 0.05) is 10.7 Å². The summed E-state index contributed by atoms with van der Waals surface area (Å²) >= 11 is 3.13. The minimum atomic E-state index is -0.790. The van der Waals surface area contributed by atoms with Crippen molar-refractivity contribution >= 4 is 15.9 Å². The molecule has 1 aromatic heterocycles. The fourth-order valence-electron chi connectivity index (χ4n) is 1.87. The number of halogens is 2. The van der Waals surface area contributed by atoms with Crippen LogP contribution in [0.1, 0.15) is 18.5 Å². The summed E-state index contributed by atoms with van der Waals surface area (Å²) in [6.07, 6.45) is 2.53. The SMILES string of the molecule is C=C1CC(C#N)(c2ncc(Br)cc2F)C1. The van der Waals surface area contributed by atoms with Crippen LogP contribution in [-0.4, -0.2) is 4.98 Å². The van der Waals surface area contributed by atoms with Crippen molar-refractivity contribution in [2.75, 3.05) is 0 Å². The zero-order chi connectivity index (χ0) is 11.1. The standard InChI is InChI=1S/C11H8BrFN2/c1-7-3-11(4-7,6-14)10-9(13)2-8(12)5-15-10/h2,5H,1,3-4H2. The molecule has 15 heavy (non-hydrogen) atoms. The molecule has 76 valence electrons. The van der Waals surface area contributed by atoms with Gasteiger partial charge in [-0.05, 0) is 34.8 Å². The maximum absolute atomic E-state index is 13.6. The van der Waals surface area contributed by atoms with Gasteiger partial charge in [-0.25, -0.2) is 4.39 Å². The fraction of sp³-hybridized carbons (Fsp3) is 0.273. The molecular weight excluding hydrogens is 259 g/mol. The minimum absolute atomic E-state index is 0.237. The van der Waals surface area contributed by atoms with Crippen LogP contribution in [0.15, 0.2) is 28.9 Å². The van der Waals surface area contributed by atoms with Crippen LogP contribution < -0.4 is 0 Å². The quantitative estimate of drug-likeness (QED) is 0.733. The van der Waals surface area contributed by atoms with Gasteiger partial charge >= 0.3 is 0 Å². The molecule has 0 saturated heterocycles. The van der Waals surface area contributed by atoms with Crippen LogP contribution in [0.2, 0.25) is 0 Å². The molecule has 0 N–H and O–H groups in total. The number of aromatic nitrogens is 1. The van der Waals surface area contributed by atoms with E-state index in [-0.39, 0.29) is 5.69 Å². The number of hydrogen-bond donors (Lipinski definition) is 0. The zero-order valence-corrected chi connectivity index (χ0v) is 9.51. The molecule has 1 aromatic rings. The van der Waals surface area contributed by atoms with Crippen molar-refractivity contribution in [3.8, 4) is 6.07 Å². The molecule has 1 aliphatic rings. The third-order valence-electron chi connectivity index (χ3n) is 2.58. The lowest BCUT2D eigenvalue weighted by Crippen LogP contribution is -2.36. The number of pyridine rings is 1. The van der Waals surface area contributed by atoms with E-state index in [2.05, 4.69) is 33.6 Å². The van der Waals surface area contributed by atoms with E-state index >= 15 is 0 Å². The van der Waals surface area contributed by atoms with Gasteiger partial charge in [-0.15, -0.1) is 0 Å². The van der Waals surface area contributed by atoms with E-state index in [1.807, 2.05) is 0 Å². The first kappa shape index (κ1) is 10.3. The number of nitrogens with zero attached hydrogens (tertiary/aromatic N) is 2. The Morgan fingerprint density at radius 1 is 1.60 bits per heavy atom. The van der Waals surface area contributed by atoms with Crippen LogP contribution >= 0.6 is 15.9 Å². The second kappa shape index (κ2) is 3.42. The van der Waals surface area contributed by atoms with E-state index in [4.69, 9.17) is 5.26 Å². The summed E-state index contributed by atoms with van der Waals surface area (Å²) in [7, 11) is 0. The first-order chi connectivity index (χ1) is 7.07. The molecule has 0 unspecified atom stereocenters. The highest BCUT2D eigenvalue weighted by atomic mass is 79.9. The molecule has 2 nitrogen and oxygen atoms in total. The predicted molar refractivity (Wildman–Crippen MR) is 57.6 cm³/mol. The zero-order valence-electron chi connectivity index (χ0n) is 7.93. The van der Waals surface area contributed by atoms with Crippen LogP contribution in [0, 0.1) is 17.1 Å². The Bertz CT molecular complexity index is 468. The molecule has 1 saturated carbocycles. The highest BCUT2D eigenvalue weighted by Crippen LogP contribution is 2.46. The maximum Gasteiger partial charge on any atom is 0.147 e. The average molecular weight is 267 g/mol. The van der Waals surface area contributed by atoms with Gasteiger partial charge in [-0.3, -0.25) is 4.98 Å². The van der Waals surface area contributed by atoms with Gasteiger partial charge in [0.1, 0.15) is 11.2 Å². The molecule has 0 bridgehead atoms. The molecule has 0 radical (unpaired) electrons. The number of rotatable bonds is 1. The molecule has 0 aromatic carbocycles. The van der Waals surface area contributed by atoms with Gasteiger partial charge in [0.05, 0.1) is 11.8 Å². The van der Waals surface area contributed by atoms with E-state index in [1.54, 1.807) is 0 Å². The average Bonchev–Trinajstić information content (AvgIpc) is 2.13. The second-order valence-electron chi connectivity index (χ2n) is 3.78. The molecule has 1 heterocycles. The van der Waals surface area contributed by atoms with Gasteiger partial charge in [0.25, 0.3) is 0 Å². The molecular formula is C11H8BrFN2. The Balaban J connectivity index is 2.46. The topological polar surface area (TPSA) is 36.7 Å². The van der Waals surface area contributed by atoms with E-state index in [1.165, 1.54) is 12.3 Å². The first-order valence-electron chi connectivity index (χ1n) is 4.47. The van der Waals surface area contributed by atoms with Crippen LogP contribution in [-0.2, 0) is 5.41 Å². The van der Waals surface area contributed by atoms with Crippen LogP contribution in [0.5, 0.6) is 0 Å². The van der Waals surface area contributed by atoms with Crippen molar-refractivity contribution in [1.29, 1.82) is 5.26 Å². The lowest BCUT2D eigenvalue weighted by Gasteiger charge is -2.36. The number of hydrogen-bond acceptors (Lipinski definition) is 2. The van der Waals surface area contributed by atoms with Crippen molar-refractivity contribution in [2.24, 2.45) is 0 Å². The van der Waals surface area contributed by atoms with Crippen molar-refractivity contribution in [1.82, 2.24) is 4.98 Å². The molecule has 0 aliphatic heterocycles. The summed E-state index contributed by atoms with van der Waals surface area (Å²) < 4.78 is 14.2. The van der Waals surface area contributed by atoms with Gasteiger partial charge in [-0.2, -0.15) is 5.26 Å². The maximum atomic E-state index is 13.6. The fourth-order valence-corrected chi connectivity index (χ4v) is 2.17. The molecule has 0 amide bonds. The second-order valence-corrected chi connectivity index (χ2v) is 4.70. The summed E-state index contributed by atoms with van der Waals surface area (Å²) in [4.78, 5) is 3.99. The van der Waals surface area contributed by atoms with Gasteiger partial charge < -0.3 is 0 Å². The highest BCUT2D eigenvalue weighted by Gasteiger charge is 2.44. The van der Waals surface area contributed by atoms with Crippen molar-refractivity contribution < 1.29 is 4.39 Å². The van der Waals surface area contributed by atoms with E-state index < -0.39 is 11.2 Å². The summed E-state index contributed by atoms with van der Waals surface area (Å²) in [5.41, 5.74) is 0.420. The van der Waals surface area contributed by atoms with Crippen LogP contribution in [0.4, 0.5) is 4.39 Å². The highest BCUT2D eigenvalue weighted by molar-refractivity contribution is 9.10. The molecule has 0 atom stereocenters. The minimum Gasteiger partial charge on any atom is -0.255 e. The van der Waals surface area contributed by atoms with Gasteiger partial charge in [0.15, 0.2) is 0 Å². The third-order valence-corrected chi connectivity index (χ3v) is 3.01. The molecule has 1 aliphatic carbocycles. The number of allylic oxidation sites excluding steroid dienone is 1. The van der Waals surface area contributed by atoms with Gasteiger partial charge in [0.2, 0.25) is 0 Å². The van der Waals surface area contributed by atoms with Crippen LogP contribution in [0.25, 0.3) is 0 Å². The molecule has 0 spiro atoms. The van der Waals surface area contributed by atoms with Gasteiger partial charge in [-0.1, -0.05) is 12.2 Å². The van der Waals surface area contributed by atoms with Crippen molar-refractivity contribution in [2.45, 2.75) is 18.3 Å². The van der Waals surface area contributed by atoms with E-state index in [9.17, 15) is 4.39 Å². The van der Waals surface area contributed by atoms with Crippen molar-refractivity contribution in [3.63, 3.8) is 0 Å². The summed E-state index contributed by atoms with van der Waals surface area (Å²) in [6.45, 7) is 3.77. The molecule has 1 fully saturated rings. The Morgan fingerprint density at radius 2 is 2.27 bits per heavy atom. The summed E-state index contributed by atoms with van der Waals surface area (Å²) in [6, 6.07) is 3.48. The van der Waals surface area contributed by atoms with E-state index in [0.29, 0.717) is 17.3 Å². The molecule has 4 heteroatoms. The normalized spacial score (nSPS) is 18.1. The Hall–Kier alpha value is -1.21. The van der Waals surface area contributed by atoms with E-state index in [0.717, 1.165) is 5.57 Å². The first-order valence-corrected chi connectivity index (χ1v) is 5.26. The number of nitriles is 1. The summed E-state index contributed by atoms with van der Waals surface area (Å²) in [5.74, 6) is -0.432.